The molecule has 17 heavy (non-hydrogen) atoms. The summed E-state index contributed by atoms with van der Waals surface area (Å²) in [5.74, 6) is 0.991. The van der Waals surface area contributed by atoms with Gasteiger partial charge in [0, 0.05) is 13.1 Å². The molecule has 0 aliphatic carbocycles. The predicted octanol–water partition coefficient (Wildman–Crippen LogP) is 2.23. The lowest BCUT2D eigenvalue weighted by molar-refractivity contribution is -0.132. The minimum atomic E-state index is -0.183. The van der Waals surface area contributed by atoms with Gasteiger partial charge in [-0.3, -0.25) is 10.1 Å². The number of furan rings is 1. The molecule has 1 aromatic rings. The molecule has 1 amide bonds. The second-order valence-corrected chi connectivity index (χ2v) is 4.88. The summed E-state index contributed by atoms with van der Waals surface area (Å²) < 4.78 is 6.29. The van der Waals surface area contributed by atoms with Crippen LogP contribution in [0.25, 0.3) is 0 Å². The van der Waals surface area contributed by atoms with Gasteiger partial charge in [0.1, 0.15) is 5.76 Å². The van der Waals surface area contributed by atoms with Crippen LogP contribution in [0.15, 0.2) is 16.5 Å². The van der Waals surface area contributed by atoms with E-state index >= 15 is 0 Å². The summed E-state index contributed by atoms with van der Waals surface area (Å²) in [5, 5.41) is 3.17. The van der Waals surface area contributed by atoms with Crippen LogP contribution >= 0.6 is 22.6 Å². The maximum atomic E-state index is 12.0. The van der Waals surface area contributed by atoms with E-state index in [1.54, 1.807) is 0 Å². The van der Waals surface area contributed by atoms with E-state index in [1.165, 1.54) is 0 Å². The molecule has 1 unspecified atom stereocenters. The molecule has 0 aromatic carbocycles. The molecule has 0 spiro atoms. The predicted molar refractivity (Wildman–Crippen MR) is 75.7 cm³/mol. The topological polar surface area (TPSA) is 45.5 Å². The van der Waals surface area contributed by atoms with Crippen molar-refractivity contribution in [3.8, 4) is 0 Å². The quantitative estimate of drug-likeness (QED) is 0.801. The Hall–Kier alpha value is -0.560. The molecule has 1 heterocycles. The van der Waals surface area contributed by atoms with E-state index in [1.807, 2.05) is 37.8 Å². The molecule has 0 aliphatic rings. The summed E-state index contributed by atoms with van der Waals surface area (Å²) >= 11 is 2.12. The van der Waals surface area contributed by atoms with Crippen LogP contribution in [0.4, 0.5) is 0 Å². The SMILES string of the molecule is CCN(CC)C(=O)C(C)NCc1ccc(I)o1. The molecule has 96 valence electrons. The van der Waals surface area contributed by atoms with Crippen molar-refractivity contribution in [2.24, 2.45) is 0 Å². The molecular formula is C12H19IN2O2. The monoisotopic (exact) mass is 350 g/mol. The first kappa shape index (κ1) is 14.5. The van der Waals surface area contributed by atoms with Crippen molar-refractivity contribution in [2.75, 3.05) is 13.1 Å². The van der Waals surface area contributed by atoms with Crippen molar-refractivity contribution < 1.29 is 9.21 Å². The summed E-state index contributed by atoms with van der Waals surface area (Å²) in [6.45, 7) is 7.94. The first-order valence-corrected chi connectivity index (χ1v) is 6.92. The molecular weight excluding hydrogens is 331 g/mol. The highest BCUT2D eigenvalue weighted by atomic mass is 127. The minimum Gasteiger partial charge on any atom is -0.454 e. The van der Waals surface area contributed by atoms with Crippen LogP contribution in [0.1, 0.15) is 26.5 Å². The Balaban J connectivity index is 2.43. The fourth-order valence-electron chi connectivity index (χ4n) is 1.60. The number of hydrogen-bond donors (Lipinski definition) is 1. The highest BCUT2D eigenvalue weighted by molar-refractivity contribution is 14.1. The Kier molecular flexibility index (Phi) is 5.97. The third kappa shape index (κ3) is 4.31. The lowest BCUT2D eigenvalue weighted by atomic mass is 10.2. The van der Waals surface area contributed by atoms with Crippen LogP contribution in [0, 0.1) is 3.77 Å². The Labute approximate surface area is 116 Å². The molecule has 0 bridgehead atoms. The number of carbonyl (C=O) groups excluding carboxylic acids is 1. The van der Waals surface area contributed by atoms with Gasteiger partial charge >= 0.3 is 0 Å². The summed E-state index contributed by atoms with van der Waals surface area (Å²) in [6.07, 6.45) is 0. The lowest BCUT2D eigenvalue weighted by Gasteiger charge is -2.23. The Morgan fingerprint density at radius 1 is 1.47 bits per heavy atom. The van der Waals surface area contributed by atoms with E-state index in [-0.39, 0.29) is 11.9 Å². The third-order valence-corrected chi connectivity index (χ3v) is 3.24. The van der Waals surface area contributed by atoms with Gasteiger partial charge in [0.25, 0.3) is 0 Å². The molecule has 4 nitrogen and oxygen atoms in total. The number of halogens is 1. The normalized spacial score (nSPS) is 12.5. The number of nitrogens with one attached hydrogen (secondary N) is 1. The highest BCUT2D eigenvalue weighted by Gasteiger charge is 2.17. The molecule has 1 rings (SSSR count). The zero-order valence-electron chi connectivity index (χ0n) is 10.5. The summed E-state index contributed by atoms with van der Waals surface area (Å²) in [5.41, 5.74) is 0. The molecule has 0 aliphatic heterocycles. The number of carbonyl (C=O) groups is 1. The first-order chi connectivity index (χ1) is 8.08. The number of hydrogen-bond acceptors (Lipinski definition) is 3. The summed E-state index contributed by atoms with van der Waals surface area (Å²) in [7, 11) is 0. The summed E-state index contributed by atoms with van der Waals surface area (Å²) in [6, 6.07) is 3.65. The van der Waals surface area contributed by atoms with Crippen LogP contribution < -0.4 is 5.32 Å². The van der Waals surface area contributed by atoms with E-state index in [2.05, 4.69) is 27.9 Å². The van der Waals surface area contributed by atoms with Gasteiger partial charge in [0.15, 0.2) is 3.77 Å². The molecule has 1 aromatic heterocycles. The van der Waals surface area contributed by atoms with Gasteiger partial charge < -0.3 is 9.32 Å². The molecule has 1 atom stereocenters. The molecule has 0 radical (unpaired) electrons. The van der Waals surface area contributed by atoms with Crippen molar-refractivity contribution in [2.45, 2.75) is 33.4 Å². The zero-order valence-corrected chi connectivity index (χ0v) is 12.7. The van der Waals surface area contributed by atoms with E-state index in [0.717, 1.165) is 22.6 Å². The third-order valence-electron chi connectivity index (χ3n) is 2.66. The van der Waals surface area contributed by atoms with E-state index in [9.17, 15) is 4.79 Å². The van der Waals surface area contributed by atoms with Gasteiger partial charge in [-0.15, -0.1) is 0 Å². The highest BCUT2D eigenvalue weighted by Crippen LogP contribution is 2.10. The van der Waals surface area contributed by atoms with E-state index in [4.69, 9.17) is 4.42 Å². The molecule has 0 fully saturated rings. The summed E-state index contributed by atoms with van der Waals surface area (Å²) in [4.78, 5) is 13.8. The Morgan fingerprint density at radius 3 is 2.59 bits per heavy atom. The molecule has 5 heteroatoms. The lowest BCUT2D eigenvalue weighted by Crippen LogP contribution is -2.44. The Morgan fingerprint density at radius 2 is 2.12 bits per heavy atom. The van der Waals surface area contributed by atoms with Gasteiger partial charge in [-0.25, -0.2) is 0 Å². The minimum absolute atomic E-state index is 0.135. The maximum absolute atomic E-state index is 12.0. The van der Waals surface area contributed by atoms with Gasteiger partial charge in [0.05, 0.1) is 12.6 Å². The van der Waals surface area contributed by atoms with Crippen molar-refractivity contribution in [1.29, 1.82) is 0 Å². The number of amides is 1. The van der Waals surface area contributed by atoms with Crippen LogP contribution in [0.2, 0.25) is 0 Å². The van der Waals surface area contributed by atoms with E-state index < -0.39 is 0 Å². The van der Waals surface area contributed by atoms with Crippen molar-refractivity contribution >= 4 is 28.5 Å². The fourth-order valence-corrected chi connectivity index (χ4v) is 2.06. The van der Waals surface area contributed by atoms with Gasteiger partial charge in [-0.1, -0.05) is 0 Å². The number of rotatable bonds is 6. The molecule has 0 saturated carbocycles. The first-order valence-electron chi connectivity index (χ1n) is 5.84. The maximum Gasteiger partial charge on any atom is 0.239 e. The van der Waals surface area contributed by atoms with Crippen LogP contribution in [-0.4, -0.2) is 29.9 Å². The standard InChI is InChI=1S/C12H19IN2O2/c1-4-15(5-2)12(16)9(3)14-8-10-6-7-11(13)17-10/h6-7,9,14H,4-5,8H2,1-3H3. The van der Waals surface area contributed by atoms with Gasteiger partial charge in [-0.2, -0.15) is 0 Å². The van der Waals surface area contributed by atoms with Crippen LogP contribution in [0.3, 0.4) is 0 Å². The van der Waals surface area contributed by atoms with Crippen molar-refractivity contribution in [3.05, 3.63) is 21.7 Å². The van der Waals surface area contributed by atoms with Crippen molar-refractivity contribution in [1.82, 2.24) is 10.2 Å². The van der Waals surface area contributed by atoms with Crippen molar-refractivity contribution in [3.63, 3.8) is 0 Å². The zero-order chi connectivity index (χ0) is 12.8. The van der Waals surface area contributed by atoms with Crippen LogP contribution in [-0.2, 0) is 11.3 Å². The van der Waals surface area contributed by atoms with Gasteiger partial charge in [0.2, 0.25) is 5.91 Å². The second kappa shape index (κ2) is 7.00. The Bertz CT molecular complexity index is 361. The van der Waals surface area contributed by atoms with Crippen LogP contribution in [0.5, 0.6) is 0 Å². The van der Waals surface area contributed by atoms with Gasteiger partial charge in [-0.05, 0) is 55.5 Å². The number of nitrogens with zero attached hydrogens (tertiary/aromatic N) is 1. The average molecular weight is 350 g/mol. The number of likely N-dealkylation sites (N-methyl/N-ethyl adjacent to an activating group) is 1. The fraction of sp³-hybridized carbons (Fsp3) is 0.583. The largest absolute Gasteiger partial charge is 0.454 e. The molecule has 0 saturated heterocycles. The van der Waals surface area contributed by atoms with E-state index in [0.29, 0.717) is 6.54 Å². The second-order valence-electron chi connectivity index (χ2n) is 3.82. The molecule has 1 N–H and O–H groups in total. The average Bonchev–Trinajstić information content (AvgIpc) is 2.73. The smallest absolute Gasteiger partial charge is 0.239 e.